The highest BCUT2D eigenvalue weighted by Gasteiger charge is 2.14. The van der Waals surface area contributed by atoms with Gasteiger partial charge in [0.25, 0.3) is 0 Å². The second-order valence-corrected chi connectivity index (χ2v) is 3.15. The molecule has 0 amide bonds. The summed E-state index contributed by atoms with van der Waals surface area (Å²) in [5.74, 6) is 0.160. The largest absolute Gasteiger partial charge is 0.484 e. The molecule has 1 atom stereocenters. The van der Waals surface area contributed by atoms with Crippen LogP contribution in [0.2, 0.25) is 0 Å². The molecule has 0 saturated carbocycles. The van der Waals surface area contributed by atoms with Crippen LogP contribution >= 0.6 is 11.6 Å². The Kier molecular flexibility index (Phi) is 4.33. The summed E-state index contributed by atoms with van der Waals surface area (Å²) in [5, 5.41) is 19.7. The van der Waals surface area contributed by atoms with Gasteiger partial charge in [-0.05, 0) is 6.07 Å². The molecule has 0 saturated heterocycles. The van der Waals surface area contributed by atoms with Crippen molar-refractivity contribution >= 4 is 17.3 Å². The Morgan fingerprint density at radius 3 is 2.80 bits per heavy atom. The van der Waals surface area contributed by atoms with Crippen LogP contribution in [0.1, 0.15) is 0 Å². The molecule has 6 heteroatoms. The maximum atomic E-state index is 10.6. The maximum absolute atomic E-state index is 10.6. The number of hydrogen-bond acceptors (Lipinski definition) is 4. The van der Waals surface area contributed by atoms with E-state index in [4.69, 9.17) is 21.4 Å². The van der Waals surface area contributed by atoms with Gasteiger partial charge in [-0.15, -0.1) is 11.6 Å². The number of aliphatic hydroxyl groups excluding tert-OH is 1. The first-order valence-corrected chi connectivity index (χ1v) is 4.79. The van der Waals surface area contributed by atoms with E-state index in [2.05, 4.69) is 0 Å². The molecule has 1 rings (SSSR count). The molecular formula is C9H10ClNO4. The number of alkyl halides is 1. The Morgan fingerprint density at radius 2 is 2.20 bits per heavy atom. The van der Waals surface area contributed by atoms with Crippen molar-refractivity contribution < 1.29 is 14.8 Å². The zero-order valence-corrected chi connectivity index (χ0v) is 8.55. The van der Waals surface area contributed by atoms with Crippen LogP contribution in [0, 0.1) is 10.1 Å². The zero-order valence-electron chi connectivity index (χ0n) is 7.80. The monoisotopic (exact) mass is 231 g/mol. The molecule has 0 aliphatic carbocycles. The fourth-order valence-electron chi connectivity index (χ4n) is 0.961. The average molecular weight is 232 g/mol. The molecule has 0 unspecified atom stereocenters. The molecule has 1 aromatic rings. The van der Waals surface area contributed by atoms with Gasteiger partial charge in [0.15, 0.2) is 5.75 Å². The summed E-state index contributed by atoms with van der Waals surface area (Å²) < 4.78 is 5.07. The van der Waals surface area contributed by atoms with Crippen molar-refractivity contribution in [3.05, 3.63) is 34.4 Å². The molecule has 0 spiro atoms. The standard InChI is InChI=1S/C9H10ClNO4/c10-5-7(12)6-15-9-4-2-1-3-8(9)11(13)14/h1-4,7,12H,5-6H2/t7-/m1/s1. The molecule has 1 aromatic carbocycles. The van der Waals surface area contributed by atoms with Crippen molar-refractivity contribution in [1.29, 1.82) is 0 Å². The summed E-state index contributed by atoms with van der Waals surface area (Å²) in [7, 11) is 0. The minimum Gasteiger partial charge on any atom is -0.484 e. The molecule has 0 heterocycles. The van der Waals surface area contributed by atoms with E-state index in [-0.39, 0.29) is 23.9 Å². The SMILES string of the molecule is O=[N+]([O-])c1ccccc1OC[C@H](O)CCl. The van der Waals surface area contributed by atoms with E-state index >= 15 is 0 Å². The molecule has 0 aliphatic heterocycles. The molecule has 0 fully saturated rings. The van der Waals surface area contributed by atoms with Crippen molar-refractivity contribution in [3.8, 4) is 5.75 Å². The van der Waals surface area contributed by atoms with E-state index in [1.165, 1.54) is 12.1 Å². The Labute approximate surface area is 91.4 Å². The van der Waals surface area contributed by atoms with Gasteiger partial charge in [0.05, 0.1) is 10.8 Å². The molecule has 5 nitrogen and oxygen atoms in total. The van der Waals surface area contributed by atoms with E-state index in [9.17, 15) is 10.1 Å². The first kappa shape index (κ1) is 11.7. The highest BCUT2D eigenvalue weighted by atomic mass is 35.5. The van der Waals surface area contributed by atoms with E-state index in [0.717, 1.165) is 0 Å². The average Bonchev–Trinajstić information content (AvgIpc) is 2.26. The second-order valence-electron chi connectivity index (χ2n) is 2.84. The highest BCUT2D eigenvalue weighted by molar-refractivity contribution is 6.18. The molecule has 15 heavy (non-hydrogen) atoms. The molecule has 0 bridgehead atoms. The quantitative estimate of drug-likeness (QED) is 0.474. The number of nitro groups is 1. The van der Waals surface area contributed by atoms with Gasteiger partial charge in [0.1, 0.15) is 12.7 Å². The predicted molar refractivity (Wildman–Crippen MR) is 55.3 cm³/mol. The first-order valence-electron chi connectivity index (χ1n) is 4.25. The summed E-state index contributed by atoms with van der Waals surface area (Å²) in [6, 6.07) is 5.97. The summed E-state index contributed by atoms with van der Waals surface area (Å²) >= 11 is 5.36. The van der Waals surface area contributed by atoms with Crippen LogP contribution in [0.25, 0.3) is 0 Å². The number of benzene rings is 1. The fourth-order valence-corrected chi connectivity index (χ4v) is 1.05. The summed E-state index contributed by atoms with van der Waals surface area (Å²) in [5.41, 5.74) is -0.126. The third-order valence-corrected chi connectivity index (χ3v) is 2.03. The normalized spacial score (nSPS) is 12.1. The van der Waals surface area contributed by atoms with Gasteiger partial charge in [-0.25, -0.2) is 0 Å². The van der Waals surface area contributed by atoms with Gasteiger partial charge in [0, 0.05) is 6.07 Å². The maximum Gasteiger partial charge on any atom is 0.310 e. The lowest BCUT2D eigenvalue weighted by atomic mass is 10.3. The van der Waals surface area contributed by atoms with E-state index in [1.807, 2.05) is 0 Å². The van der Waals surface area contributed by atoms with Crippen LogP contribution < -0.4 is 4.74 Å². The molecule has 0 aliphatic rings. The van der Waals surface area contributed by atoms with Crippen LogP contribution in [0.15, 0.2) is 24.3 Å². The second kappa shape index (κ2) is 5.53. The number of ether oxygens (including phenoxy) is 1. The van der Waals surface area contributed by atoms with Crippen molar-refractivity contribution in [2.45, 2.75) is 6.10 Å². The third kappa shape index (κ3) is 3.38. The molecular weight excluding hydrogens is 222 g/mol. The van der Waals surface area contributed by atoms with E-state index in [0.29, 0.717) is 0 Å². The van der Waals surface area contributed by atoms with Crippen LogP contribution in [0.5, 0.6) is 5.75 Å². The molecule has 0 aromatic heterocycles. The lowest BCUT2D eigenvalue weighted by Crippen LogP contribution is -2.19. The van der Waals surface area contributed by atoms with E-state index in [1.54, 1.807) is 12.1 Å². The number of nitro benzene ring substituents is 1. The Balaban J connectivity index is 2.72. The van der Waals surface area contributed by atoms with Crippen LogP contribution in [0.3, 0.4) is 0 Å². The van der Waals surface area contributed by atoms with Crippen molar-refractivity contribution in [2.75, 3.05) is 12.5 Å². The van der Waals surface area contributed by atoms with Gasteiger partial charge < -0.3 is 9.84 Å². The lowest BCUT2D eigenvalue weighted by molar-refractivity contribution is -0.385. The Bertz CT molecular complexity index is 345. The van der Waals surface area contributed by atoms with Gasteiger partial charge in [-0.1, -0.05) is 12.1 Å². The van der Waals surface area contributed by atoms with Gasteiger partial charge >= 0.3 is 5.69 Å². The summed E-state index contributed by atoms with van der Waals surface area (Å²) in [6.07, 6.45) is -0.827. The van der Waals surface area contributed by atoms with Crippen LogP contribution in [-0.4, -0.2) is 28.6 Å². The van der Waals surface area contributed by atoms with Gasteiger partial charge in [-0.2, -0.15) is 0 Å². The van der Waals surface area contributed by atoms with Gasteiger partial charge in [-0.3, -0.25) is 10.1 Å². The Hall–Kier alpha value is -1.33. The van der Waals surface area contributed by atoms with Crippen molar-refractivity contribution in [1.82, 2.24) is 0 Å². The molecule has 0 radical (unpaired) electrons. The minimum absolute atomic E-state index is 0.0284. The molecule has 1 N–H and O–H groups in total. The number of aliphatic hydroxyl groups is 1. The number of hydrogen-bond donors (Lipinski definition) is 1. The third-order valence-electron chi connectivity index (χ3n) is 1.67. The van der Waals surface area contributed by atoms with Crippen molar-refractivity contribution in [3.63, 3.8) is 0 Å². The van der Waals surface area contributed by atoms with Crippen molar-refractivity contribution in [2.24, 2.45) is 0 Å². The van der Waals surface area contributed by atoms with Crippen LogP contribution in [-0.2, 0) is 0 Å². The number of nitrogens with zero attached hydrogens (tertiary/aromatic N) is 1. The number of halogens is 1. The summed E-state index contributed by atoms with van der Waals surface area (Å²) in [4.78, 5) is 10.0. The van der Waals surface area contributed by atoms with E-state index < -0.39 is 11.0 Å². The lowest BCUT2D eigenvalue weighted by Gasteiger charge is -2.09. The first-order chi connectivity index (χ1) is 7.15. The van der Waals surface area contributed by atoms with Crippen LogP contribution in [0.4, 0.5) is 5.69 Å². The predicted octanol–water partition coefficient (Wildman–Crippen LogP) is 1.57. The summed E-state index contributed by atoms with van der Waals surface area (Å²) in [6.45, 7) is -0.0612. The number of rotatable bonds is 5. The zero-order chi connectivity index (χ0) is 11.3. The fraction of sp³-hybridized carbons (Fsp3) is 0.333. The number of para-hydroxylation sites is 2. The smallest absolute Gasteiger partial charge is 0.310 e. The minimum atomic E-state index is -0.827. The highest BCUT2D eigenvalue weighted by Crippen LogP contribution is 2.25. The Morgan fingerprint density at radius 1 is 1.53 bits per heavy atom. The van der Waals surface area contributed by atoms with Gasteiger partial charge in [0.2, 0.25) is 0 Å². The molecule has 82 valence electrons. The topological polar surface area (TPSA) is 72.6 Å².